The highest BCUT2D eigenvalue weighted by atomic mass is 19.1. The smallest absolute Gasteiger partial charge is 0.332 e. The Labute approximate surface area is 97.0 Å². The van der Waals surface area contributed by atoms with E-state index in [0.717, 1.165) is 6.07 Å². The number of nitrogens with zero attached hydrogens (tertiary/aromatic N) is 1. The van der Waals surface area contributed by atoms with Crippen molar-refractivity contribution in [3.05, 3.63) is 24.1 Å². The molecule has 1 amide bonds. The van der Waals surface area contributed by atoms with Crippen molar-refractivity contribution in [1.29, 1.82) is 0 Å². The molecule has 0 aliphatic rings. The van der Waals surface area contributed by atoms with Crippen molar-refractivity contribution in [3.63, 3.8) is 0 Å². The fourth-order valence-corrected chi connectivity index (χ4v) is 1.02. The first-order valence-electron chi connectivity index (χ1n) is 4.90. The quantitative estimate of drug-likeness (QED) is 0.441. The number of hydrogen-bond donors (Lipinski definition) is 2. The standard InChI is InChI=1S/C10H12FN3O3/c1-2-17-10(16)8(12)9(15)14-7-5-3-4-6(11)13-7/h3-5,8H,2,12H2,1H3,(H,13,14,15). The summed E-state index contributed by atoms with van der Waals surface area (Å²) in [5.41, 5.74) is 5.32. The maximum Gasteiger partial charge on any atom is 0.332 e. The molecule has 1 rings (SSSR count). The summed E-state index contributed by atoms with van der Waals surface area (Å²) < 4.78 is 17.3. The summed E-state index contributed by atoms with van der Waals surface area (Å²) in [6.45, 7) is 1.72. The van der Waals surface area contributed by atoms with Crippen LogP contribution in [0.2, 0.25) is 0 Å². The predicted molar refractivity (Wildman–Crippen MR) is 57.4 cm³/mol. The maximum absolute atomic E-state index is 12.7. The van der Waals surface area contributed by atoms with Gasteiger partial charge in [-0.05, 0) is 19.1 Å². The van der Waals surface area contributed by atoms with E-state index in [1.807, 2.05) is 0 Å². The maximum atomic E-state index is 12.7. The van der Waals surface area contributed by atoms with E-state index in [9.17, 15) is 14.0 Å². The molecule has 17 heavy (non-hydrogen) atoms. The van der Waals surface area contributed by atoms with Crippen molar-refractivity contribution in [3.8, 4) is 0 Å². The second-order valence-corrected chi connectivity index (χ2v) is 3.06. The van der Waals surface area contributed by atoms with Crippen LogP contribution in [0.3, 0.4) is 0 Å². The van der Waals surface area contributed by atoms with E-state index in [1.165, 1.54) is 12.1 Å². The number of aromatic nitrogens is 1. The topological polar surface area (TPSA) is 94.3 Å². The Morgan fingerprint density at radius 3 is 2.88 bits per heavy atom. The van der Waals surface area contributed by atoms with Crippen molar-refractivity contribution in [1.82, 2.24) is 4.98 Å². The molecule has 3 N–H and O–H groups in total. The number of esters is 1. The van der Waals surface area contributed by atoms with Crippen LogP contribution in [-0.2, 0) is 14.3 Å². The highest BCUT2D eigenvalue weighted by Crippen LogP contribution is 2.04. The number of amides is 1. The van der Waals surface area contributed by atoms with E-state index < -0.39 is 23.9 Å². The Bertz CT molecular complexity index is 425. The van der Waals surface area contributed by atoms with Gasteiger partial charge in [-0.15, -0.1) is 0 Å². The summed E-state index contributed by atoms with van der Waals surface area (Å²) in [6, 6.07) is 2.41. The number of halogens is 1. The van der Waals surface area contributed by atoms with Gasteiger partial charge in [-0.25, -0.2) is 9.78 Å². The first kappa shape index (κ1) is 13.0. The van der Waals surface area contributed by atoms with Gasteiger partial charge in [0.2, 0.25) is 5.95 Å². The van der Waals surface area contributed by atoms with Crippen molar-refractivity contribution < 1.29 is 18.7 Å². The van der Waals surface area contributed by atoms with Crippen molar-refractivity contribution in [2.75, 3.05) is 11.9 Å². The lowest BCUT2D eigenvalue weighted by atomic mass is 10.3. The summed E-state index contributed by atoms with van der Waals surface area (Å²) in [5, 5.41) is 2.21. The zero-order valence-corrected chi connectivity index (χ0v) is 9.14. The Morgan fingerprint density at radius 1 is 1.59 bits per heavy atom. The summed E-state index contributed by atoms with van der Waals surface area (Å²) in [6.07, 6.45) is 0. The molecule has 0 aromatic carbocycles. The van der Waals surface area contributed by atoms with Crippen molar-refractivity contribution in [2.45, 2.75) is 13.0 Å². The number of carbonyl (C=O) groups is 2. The number of ether oxygens (including phenoxy) is 1. The Balaban J connectivity index is 2.63. The number of hydrogen-bond acceptors (Lipinski definition) is 5. The van der Waals surface area contributed by atoms with E-state index >= 15 is 0 Å². The van der Waals surface area contributed by atoms with Crippen LogP contribution in [-0.4, -0.2) is 29.5 Å². The molecule has 0 saturated carbocycles. The number of carbonyl (C=O) groups excluding carboxylic acids is 2. The molecule has 92 valence electrons. The highest BCUT2D eigenvalue weighted by Gasteiger charge is 2.23. The Morgan fingerprint density at radius 2 is 2.29 bits per heavy atom. The van der Waals surface area contributed by atoms with Gasteiger partial charge in [-0.1, -0.05) is 6.07 Å². The van der Waals surface area contributed by atoms with Crippen LogP contribution in [0.4, 0.5) is 10.2 Å². The molecule has 6 nitrogen and oxygen atoms in total. The van der Waals surface area contributed by atoms with Gasteiger partial charge >= 0.3 is 5.97 Å². The highest BCUT2D eigenvalue weighted by molar-refractivity contribution is 6.07. The van der Waals surface area contributed by atoms with Crippen molar-refractivity contribution in [2.24, 2.45) is 5.73 Å². The lowest BCUT2D eigenvalue weighted by Crippen LogP contribution is -2.43. The molecule has 7 heteroatoms. The zero-order chi connectivity index (χ0) is 12.8. The molecule has 1 atom stereocenters. The van der Waals surface area contributed by atoms with Crippen molar-refractivity contribution >= 4 is 17.7 Å². The Kier molecular flexibility index (Phi) is 4.53. The first-order chi connectivity index (χ1) is 8.04. The van der Waals surface area contributed by atoms with E-state index in [-0.39, 0.29) is 12.4 Å². The second kappa shape index (κ2) is 5.90. The molecule has 0 radical (unpaired) electrons. The normalized spacial score (nSPS) is 11.7. The van der Waals surface area contributed by atoms with E-state index in [1.54, 1.807) is 6.92 Å². The van der Waals surface area contributed by atoms with Crippen LogP contribution in [0.15, 0.2) is 18.2 Å². The van der Waals surface area contributed by atoms with E-state index in [4.69, 9.17) is 5.73 Å². The van der Waals surface area contributed by atoms with Gasteiger partial charge in [0, 0.05) is 0 Å². The first-order valence-corrected chi connectivity index (χ1v) is 4.90. The number of nitrogens with two attached hydrogens (primary N) is 1. The van der Waals surface area contributed by atoms with E-state index in [2.05, 4.69) is 15.0 Å². The van der Waals surface area contributed by atoms with Crippen LogP contribution in [0, 0.1) is 5.95 Å². The Hall–Kier alpha value is -2.02. The SMILES string of the molecule is CCOC(=O)C(N)C(=O)Nc1cccc(F)n1. The average molecular weight is 241 g/mol. The monoisotopic (exact) mass is 241 g/mol. The predicted octanol–water partition coefficient (Wildman–Crippen LogP) is 0.0496. The third-order valence-corrected chi connectivity index (χ3v) is 1.79. The van der Waals surface area contributed by atoms with Crippen LogP contribution < -0.4 is 11.1 Å². The fraction of sp³-hybridized carbons (Fsp3) is 0.300. The minimum Gasteiger partial charge on any atom is -0.464 e. The third-order valence-electron chi connectivity index (χ3n) is 1.79. The van der Waals surface area contributed by atoms with Crippen LogP contribution in [0.25, 0.3) is 0 Å². The summed E-state index contributed by atoms with van der Waals surface area (Å²) in [4.78, 5) is 26.0. The third kappa shape index (κ3) is 3.80. The number of nitrogens with one attached hydrogen (secondary N) is 1. The molecular formula is C10H12FN3O3. The summed E-state index contributed by atoms with van der Waals surface area (Å²) in [7, 11) is 0. The molecule has 0 saturated heterocycles. The average Bonchev–Trinajstić information content (AvgIpc) is 2.28. The molecule has 0 fully saturated rings. The van der Waals surface area contributed by atoms with Crippen LogP contribution >= 0.6 is 0 Å². The van der Waals surface area contributed by atoms with Gasteiger partial charge < -0.3 is 15.8 Å². The molecule has 1 aromatic rings. The number of pyridine rings is 1. The number of rotatable bonds is 4. The second-order valence-electron chi connectivity index (χ2n) is 3.06. The van der Waals surface area contributed by atoms with Gasteiger partial charge in [0.25, 0.3) is 5.91 Å². The van der Waals surface area contributed by atoms with Crippen LogP contribution in [0.1, 0.15) is 6.92 Å². The van der Waals surface area contributed by atoms with Gasteiger partial charge in [0.15, 0.2) is 6.04 Å². The largest absolute Gasteiger partial charge is 0.464 e. The molecule has 1 unspecified atom stereocenters. The summed E-state index contributed by atoms with van der Waals surface area (Å²) in [5.74, 6) is -2.41. The molecular weight excluding hydrogens is 229 g/mol. The van der Waals surface area contributed by atoms with E-state index in [0.29, 0.717) is 0 Å². The molecule has 1 heterocycles. The molecule has 1 aromatic heterocycles. The molecule has 0 aliphatic carbocycles. The van der Waals surface area contributed by atoms with Gasteiger partial charge in [-0.2, -0.15) is 4.39 Å². The van der Waals surface area contributed by atoms with Crippen LogP contribution in [0.5, 0.6) is 0 Å². The lowest BCUT2D eigenvalue weighted by molar-refractivity contribution is -0.146. The number of anilines is 1. The lowest BCUT2D eigenvalue weighted by Gasteiger charge is -2.10. The fourth-order valence-electron chi connectivity index (χ4n) is 1.02. The van der Waals surface area contributed by atoms with Gasteiger partial charge in [0.1, 0.15) is 5.82 Å². The van der Waals surface area contributed by atoms with Gasteiger partial charge in [0.05, 0.1) is 6.61 Å². The molecule has 0 spiro atoms. The molecule has 0 aliphatic heterocycles. The minimum absolute atomic E-state index is 0.0188. The summed E-state index contributed by atoms with van der Waals surface area (Å²) >= 11 is 0. The van der Waals surface area contributed by atoms with Gasteiger partial charge in [-0.3, -0.25) is 4.79 Å². The molecule has 0 bridgehead atoms. The minimum atomic E-state index is -1.46. The zero-order valence-electron chi connectivity index (χ0n) is 9.14.